The Morgan fingerprint density at radius 3 is 2.36 bits per heavy atom. The average molecular weight is 196 g/mol. The summed E-state index contributed by atoms with van der Waals surface area (Å²) in [6.45, 7) is 0. The first-order chi connectivity index (χ1) is 6.74. The van der Waals surface area contributed by atoms with Crippen LogP contribution in [0.3, 0.4) is 0 Å². The van der Waals surface area contributed by atoms with Crippen LogP contribution in [0.2, 0.25) is 0 Å². The van der Waals surface area contributed by atoms with Gasteiger partial charge in [-0.15, -0.1) is 0 Å². The molecule has 0 bridgehead atoms. The minimum atomic E-state index is -2.43. The van der Waals surface area contributed by atoms with E-state index < -0.39 is 6.43 Å². The van der Waals surface area contributed by atoms with Crippen molar-refractivity contribution in [2.45, 2.75) is 12.8 Å². The number of alkyl halides is 2. The lowest BCUT2D eigenvalue weighted by Gasteiger charge is -1.98. The highest BCUT2D eigenvalue weighted by molar-refractivity contribution is 5.58. The summed E-state index contributed by atoms with van der Waals surface area (Å²) in [5.41, 5.74) is 0.828. The first-order valence-corrected chi connectivity index (χ1v) is 4.22. The van der Waals surface area contributed by atoms with Crippen LogP contribution in [-0.2, 0) is 4.79 Å². The zero-order valence-corrected chi connectivity index (χ0v) is 7.49. The third kappa shape index (κ3) is 3.09. The summed E-state index contributed by atoms with van der Waals surface area (Å²) in [5.74, 6) is 0. The second-order valence-corrected chi connectivity index (χ2v) is 2.77. The molecule has 0 heterocycles. The molecule has 0 saturated carbocycles. The van der Waals surface area contributed by atoms with Gasteiger partial charge in [0.25, 0.3) is 6.43 Å². The molecule has 3 heteroatoms. The number of carbonyl (C=O) groups is 1. The molecule has 0 spiro atoms. The van der Waals surface area contributed by atoms with Gasteiger partial charge in [-0.2, -0.15) is 0 Å². The zero-order chi connectivity index (χ0) is 10.4. The van der Waals surface area contributed by atoms with E-state index in [2.05, 4.69) is 0 Å². The second kappa shape index (κ2) is 5.27. The topological polar surface area (TPSA) is 17.1 Å². The van der Waals surface area contributed by atoms with Gasteiger partial charge in [0, 0.05) is 12.0 Å². The number of benzene rings is 1. The summed E-state index contributed by atoms with van der Waals surface area (Å²) in [4.78, 5) is 9.99. The average Bonchev–Trinajstić information content (AvgIpc) is 2.19. The molecular formula is C11H10F2O. The van der Waals surface area contributed by atoms with E-state index in [-0.39, 0.29) is 5.56 Å². The molecule has 0 unspecified atom stereocenters. The number of halogens is 2. The molecule has 0 saturated heterocycles. The van der Waals surface area contributed by atoms with Gasteiger partial charge in [0.05, 0.1) is 0 Å². The van der Waals surface area contributed by atoms with Crippen LogP contribution in [0.4, 0.5) is 8.78 Å². The summed E-state index contributed by atoms with van der Waals surface area (Å²) in [6, 6.07) is 5.96. The minimum absolute atomic E-state index is 0.0116. The van der Waals surface area contributed by atoms with Crippen molar-refractivity contribution < 1.29 is 13.6 Å². The predicted octanol–water partition coefficient (Wildman–Crippen LogP) is 3.23. The number of hydrogen-bond acceptors (Lipinski definition) is 1. The maximum absolute atomic E-state index is 12.1. The second-order valence-electron chi connectivity index (χ2n) is 2.77. The third-order valence-electron chi connectivity index (χ3n) is 1.73. The summed E-state index contributed by atoms with van der Waals surface area (Å²) in [5, 5.41) is 0. The molecule has 0 aliphatic carbocycles. The van der Waals surface area contributed by atoms with E-state index in [1.165, 1.54) is 12.1 Å². The van der Waals surface area contributed by atoms with Crippen molar-refractivity contribution in [2.75, 3.05) is 0 Å². The van der Waals surface area contributed by atoms with Gasteiger partial charge in [0.15, 0.2) is 0 Å². The molecular weight excluding hydrogens is 186 g/mol. The zero-order valence-electron chi connectivity index (χ0n) is 7.49. The van der Waals surface area contributed by atoms with Crippen molar-refractivity contribution in [3.63, 3.8) is 0 Å². The number of carbonyl (C=O) groups excluding carboxylic acids is 1. The van der Waals surface area contributed by atoms with Crippen molar-refractivity contribution in [2.24, 2.45) is 0 Å². The van der Waals surface area contributed by atoms with Crippen molar-refractivity contribution in [3.8, 4) is 0 Å². The standard InChI is InChI=1S/C11H10F2O/c12-11(13)10-6-4-9(5-7-10)3-1-2-8-14/h1,3-8,11H,2H2. The molecule has 1 rings (SSSR count). The fourth-order valence-corrected chi connectivity index (χ4v) is 1.01. The van der Waals surface area contributed by atoms with E-state index in [0.29, 0.717) is 6.42 Å². The Morgan fingerprint density at radius 2 is 1.86 bits per heavy atom. The highest BCUT2D eigenvalue weighted by atomic mass is 19.3. The Labute approximate surface area is 81.1 Å². The largest absolute Gasteiger partial charge is 0.303 e. The maximum atomic E-state index is 12.1. The first-order valence-electron chi connectivity index (χ1n) is 4.22. The fourth-order valence-electron chi connectivity index (χ4n) is 1.01. The Balaban J connectivity index is 2.68. The number of allylic oxidation sites excluding steroid dienone is 1. The lowest BCUT2D eigenvalue weighted by atomic mass is 10.1. The molecule has 0 aliphatic heterocycles. The summed E-state index contributed by atoms with van der Waals surface area (Å²) in [6.07, 6.45) is 2.11. The maximum Gasteiger partial charge on any atom is 0.263 e. The number of hydrogen-bond donors (Lipinski definition) is 0. The highest BCUT2D eigenvalue weighted by Crippen LogP contribution is 2.18. The summed E-state index contributed by atoms with van der Waals surface area (Å²) in [7, 11) is 0. The molecule has 0 amide bonds. The first kappa shape index (κ1) is 10.6. The molecule has 0 N–H and O–H groups in total. The van der Waals surface area contributed by atoms with Gasteiger partial charge in [0.2, 0.25) is 0 Å². The van der Waals surface area contributed by atoms with E-state index in [4.69, 9.17) is 0 Å². The molecule has 0 aliphatic rings. The predicted molar refractivity (Wildman–Crippen MR) is 51.1 cm³/mol. The van der Waals surface area contributed by atoms with Gasteiger partial charge < -0.3 is 4.79 Å². The Kier molecular flexibility index (Phi) is 3.98. The quantitative estimate of drug-likeness (QED) is 0.675. The number of aldehydes is 1. The Morgan fingerprint density at radius 1 is 1.21 bits per heavy atom. The monoisotopic (exact) mass is 196 g/mol. The van der Waals surface area contributed by atoms with Crippen LogP contribution in [0.25, 0.3) is 6.08 Å². The normalized spacial score (nSPS) is 11.1. The Hall–Kier alpha value is -1.51. The SMILES string of the molecule is O=CCC=Cc1ccc(C(F)F)cc1. The molecule has 1 nitrogen and oxygen atoms in total. The molecule has 0 atom stereocenters. The minimum Gasteiger partial charge on any atom is -0.303 e. The van der Waals surface area contributed by atoms with Crippen molar-refractivity contribution >= 4 is 12.4 Å². The van der Waals surface area contributed by atoms with Crippen LogP contribution in [0.15, 0.2) is 30.3 Å². The van der Waals surface area contributed by atoms with Gasteiger partial charge in [-0.05, 0) is 5.56 Å². The van der Waals surface area contributed by atoms with E-state index in [1.54, 1.807) is 24.3 Å². The van der Waals surface area contributed by atoms with Gasteiger partial charge in [-0.25, -0.2) is 8.78 Å². The van der Waals surface area contributed by atoms with E-state index in [1.807, 2.05) is 0 Å². The third-order valence-corrected chi connectivity index (χ3v) is 1.73. The molecule has 0 radical (unpaired) electrons. The number of rotatable bonds is 4. The lowest BCUT2D eigenvalue weighted by molar-refractivity contribution is -0.107. The van der Waals surface area contributed by atoms with Crippen LogP contribution in [0.1, 0.15) is 24.0 Å². The van der Waals surface area contributed by atoms with E-state index >= 15 is 0 Å². The molecule has 1 aromatic rings. The van der Waals surface area contributed by atoms with Crippen LogP contribution < -0.4 is 0 Å². The Bertz CT molecular complexity index is 315. The van der Waals surface area contributed by atoms with Crippen LogP contribution in [0.5, 0.6) is 0 Å². The van der Waals surface area contributed by atoms with Crippen molar-refractivity contribution in [1.29, 1.82) is 0 Å². The van der Waals surface area contributed by atoms with Crippen LogP contribution >= 0.6 is 0 Å². The molecule has 0 aromatic heterocycles. The lowest BCUT2D eigenvalue weighted by Crippen LogP contribution is -1.82. The fraction of sp³-hybridized carbons (Fsp3) is 0.182. The molecule has 1 aromatic carbocycles. The summed E-state index contributed by atoms with van der Waals surface area (Å²) < 4.78 is 24.3. The molecule has 74 valence electrons. The van der Waals surface area contributed by atoms with Gasteiger partial charge in [-0.3, -0.25) is 0 Å². The smallest absolute Gasteiger partial charge is 0.263 e. The van der Waals surface area contributed by atoms with Gasteiger partial charge in [0.1, 0.15) is 6.29 Å². The van der Waals surface area contributed by atoms with Gasteiger partial charge in [-0.1, -0.05) is 36.4 Å². The van der Waals surface area contributed by atoms with E-state index in [9.17, 15) is 13.6 Å². The van der Waals surface area contributed by atoms with Crippen molar-refractivity contribution in [3.05, 3.63) is 41.5 Å². The van der Waals surface area contributed by atoms with Gasteiger partial charge >= 0.3 is 0 Å². The van der Waals surface area contributed by atoms with E-state index in [0.717, 1.165) is 11.8 Å². The van der Waals surface area contributed by atoms with Crippen molar-refractivity contribution in [1.82, 2.24) is 0 Å². The van der Waals surface area contributed by atoms with Crippen LogP contribution in [-0.4, -0.2) is 6.29 Å². The highest BCUT2D eigenvalue weighted by Gasteiger charge is 2.04. The molecule has 0 fully saturated rings. The van der Waals surface area contributed by atoms with Crippen LogP contribution in [0, 0.1) is 0 Å². The summed E-state index contributed by atoms with van der Waals surface area (Å²) >= 11 is 0. The molecule has 14 heavy (non-hydrogen) atoms.